The van der Waals surface area contributed by atoms with E-state index in [4.69, 9.17) is 9.47 Å². The molecule has 0 rings (SSSR count). The van der Waals surface area contributed by atoms with Crippen molar-refractivity contribution in [2.24, 2.45) is 0 Å². The monoisotopic (exact) mass is 681 g/mol. The quantitative estimate of drug-likeness (QED) is 0.0416. The van der Waals surface area contributed by atoms with E-state index >= 15 is 0 Å². The average molecular weight is 681 g/mol. The van der Waals surface area contributed by atoms with Gasteiger partial charge in [-0.25, -0.2) is 0 Å². The number of rotatable bonds is 34. The third-order valence-electron chi connectivity index (χ3n) is 7.95. The normalized spacial score (nSPS) is 13.1. The summed E-state index contributed by atoms with van der Waals surface area (Å²) in [6.45, 7) is 3.93. The Hall–Kier alpha value is -2.92. The van der Waals surface area contributed by atoms with Crippen LogP contribution < -0.4 is 0 Å². The van der Waals surface area contributed by atoms with E-state index < -0.39 is 6.10 Å². The number of aliphatic hydroxyl groups excluding tert-OH is 1. The molecule has 49 heavy (non-hydrogen) atoms. The summed E-state index contributed by atoms with van der Waals surface area (Å²) in [5.74, 6) is -0.622. The second-order valence-electron chi connectivity index (χ2n) is 12.6. The number of hydrogen-bond acceptors (Lipinski definition) is 5. The summed E-state index contributed by atoms with van der Waals surface area (Å²) >= 11 is 0. The highest BCUT2D eigenvalue weighted by atomic mass is 16.6. The summed E-state index contributed by atoms with van der Waals surface area (Å²) in [5, 5.41) is 9.48. The van der Waals surface area contributed by atoms with Crippen LogP contribution in [0.5, 0.6) is 0 Å². The highest BCUT2D eigenvalue weighted by Gasteiger charge is 2.16. The Labute approximate surface area is 301 Å². The smallest absolute Gasteiger partial charge is 0.306 e. The minimum Gasteiger partial charge on any atom is -0.462 e. The molecule has 0 aromatic rings. The Bertz CT molecular complexity index is 952. The van der Waals surface area contributed by atoms with E-state index in [0.29, 0.717) is 12.8 Å². The van der Waals surface area contributed by atoms with E-state index in [1.807, 2.05) is 0 Å². The van der Waals surface area contributed by atoms with Crippen molar-refractivity contribution in [2.75, 3.05) is 13.2 Å². The molecule has 0 aliphatic heterocycles. The van der Waals surface area contributed by atoms with Gasteiger partial charge < -0.3 is 14.6 Å². The minimum atomic E-state index is -0.777. The molecule has 0 aliphatic carbocycles. The molecule has 1 unspecified atom stereocenters. The highest BCUT2D eigenvalue weighted by Crippen LogP contribution is 2.12. The number of carbonyl (C=O) groups excluding carboxylic acids is 2. The number of unbranched alkanes of at least 4 members (excludes halogenated alkanes) is 12. The Morgan fingerprint density at radius 1 is 0.490 bits per heavy atom. The fraction of sp³-hybridized carbons (Fsp3) is 0.636. The van der Waals surface area contributed by atoms with Crippen LogP contribution in [0.15, 0.2) is 85.1 Å². The number of ether oxygens (including phenoxy) is 2. The van der Waals surface area contributed by atoms with Crippen molar-refractivity contribution in [1.29, 1.82) is 0 Å². The van der Waals surface area contributed by atoms with Gasteiger partial charge >= 0.3 is 11.9 Å². The molecule has 0 amide bonds. The number of allylic oxidation sites excluding steroid dienone is 14. The van der Waals surface area contributed by atoms with Gasteiger partial charge in [0.1, 0.15) is 6.61 Å². The zero-order valence-corrected chi connectivity index (χ0v) is 31.4. The van der Waals surface area contributed by atoms with Crippen LogP contribution in [-0.2, 0) is 19.1 Å². The zero-order valence-electron chi connectivity index (χ0n) is 31.4. The standard InChI is InChI=1S/C44H72O5/c1-3-5-7-9-11-12-13-14-15-16-17-18-19-20-21-22-23-24-25-26-27-28-29-30-31-32-33-35-37-39-44(47)49-42(40-45)41-48-43(46)38-36-34-10-8-6-4-2/h5,7,11-12,14-15,17-18,20-21,23-24,26-27,42,45H,3-4,6,8-10,13,16,19,22,25,28-41H2,1-2H3/b7-5-,12-11-,15-14-,18-17-,21-20-,24-23-,27-26-. The summed E-state index contributed by atoms with van der Waals surface area (Å²) in [7, 11) is 0. The van der Waals surface area contributed by atoms with E-state index in [9.17, 15) is 14.7 Å². The van der Waals surface area contributed by atoms with Gasteiger partial charge in [0.05, 0.1) is 6.61 Å². The van der Waals surface area contributed by atoms with Crippen LogP contribution >= 0.6 is 0 Å². The SMILES string of the molecule is CC/C=C\C/C=C\C/C=C\C/C=C\C/C=C\C/C=C\C/C=C\CCCCCCCCCC(=O)OC(CO)COC(=O)CCCCCCCC. The summed E-state index contributed by atoms with van der Waals surface area (Å²) in [5.41, 5.74) is 0. The molecule has 0 saturated heterocycles. The summed E-state index contributed by atoms with van der Waals surface area (Å²) in [6, 6.07) is 0. The van der Waals surface area contributed by atoms with Crippen molar-refractivity contribution >= 4 is 11.9 Å². The lowest BCUT2D eigenvalue weighted by Gasteiger charge is -2.15. The van der Waals surface area contributed by atoms with Crippen LogP contribution in [0.3, 0.4) is 0 Å². The van der Waals surface area contributed by atoms with Gasteiger partial charge in [0, 0.05) is 12.8 Å². The van der Waals surface area contributed by atoms with Crippen LogP contribution in [0.25, 0.3) is 0 Å². The van der Waals surface area contributed by atoms with Crippen molar-refractivity contribution in [3.63, 3.8) is 0 Å². The summed E-state index contributed by atoms with van der Waals surface area (Å²) in [6.07, 6.45) is 53.9. The summed E-state index contributed by atoms with van der Waals surface area (Å²) in [4.78, 5) is 24.0. The van der Waals surface area contributed by atoms with Gasteiger partial charge in [-0.1, -0.05) is 163 Å². The minimum absolute atomic E-state index is 0.0748. The molecule has 0 aliphatic rings. The predicted octanol–water partition coefficient (Wildman–Crippen LogP) is 12.3. The molecular weight excluding hydrogens is 608 g/mol. The van der Waals surface area contributed by atoms with E-state index in [-0.39, 0.29) is 25.2 Å². The maximum absolute atomic E-state index is 12.1. The van der Waals surface area contributed by atoms with Gasteiger partial charge in [-0.3, -0.25) is 9.59 Å². The number of hydrogen-bond donors (Lipinski definition) is 1. The molecule has 0 bridgehead atoms. The Balaban J connectivity index is 3.61. The molecule has 0 fully saturated rings. The first-order valence-electron chi connectivity index (χ1n) is 19.6. The first-order chi connectivity index (χ1) is 24.1. The van der Waals surface area contributed by atoms with E-state index in [1.54, 1.807) is 0 Å². The number of carbonyl (C=O) groups is 2. The topological polar surface area (TPSA) is 72.8 Å². The lowest BCUT2D eigenvalue weighted by molar-refractivity contribution is -0.161. The van der Waals surface area contributed by atoms with Crippen LogP contribution in [0, 0.1) is 0 Å². The van der Waals surface area contributed by atoms with Crippen molar-refractivity contribution < 1.29 is 24.2 Å². The van der Waals surface area contributed by atoms with Gasteiger partial charge in [-0.05, 0) is 70.6 Å². The first kappa shape index (κ1) is 46.1. The molecule has 0 radical (unpaired) electrons. The first-order valence-corrected chi connectivity index (χ1v) is 19.6. The Morgan fingerprint density at radius 3 is 1.33 bits per heavy atom. The van der Waals surface area contributed by atoms with Gasteiger partial charge in [-0.15, -0.1) is 0 Å². The maximum Gasteiger partial charge on any atom is 0.306 e. The molecule has 278 valence electrons. The largest absolute Gasteiger partial charge is 0.462 e. The molecule has 0 spiro atoms. The van der Waals surface area contributed by atoms with E-state index in [2.05, 4.69) is 98.9 Å². The maximum atomic E-state index is 12.1. The van der Waals surface area contributed by atoms with E-state index in [0.717, 1.165) is 89.9 Å². The molecule has 1 N–H and O–H groups in total. The van der Waals surface area contributed by atoms with Crippen molar-refractivity contribution in [3.05, 3.63) is 85.1 Å². The van der Waals surface area contributed by atoms with Crippen LogP contribution in [0.2, 0.25) is 0 Å². The van der Waals surface area contributed by atoms with Gasteiger partial charge in [0.2, 0.25) is 0 Å². The Kier molecular flexibility index (Phi) is 37.2. The molecule has 0 heterocycles. The van der Waals surface area contributed by atoms with Crippen molar-refractivity contribution in [2.45, 2.75) is 168 Å². The molecular formula is C44H72O5. The number of aliphatic hydroxyl groups is 1. The molecule has 5 nitrogen and oxygen atoms in total. The number of esters is 2. The highest BCUT2D eigenvalue weighted by molar-refractivity contribution is 5.70. The van der Waals surface area contributed by atoms with Crippen LogP contribution in [0.1, 0.15) is 162 Å². The predicted molar refractivity (Wildman–Crippen MR) is 209 cm³/mol. The van der Waals surface area contributed by atoms with Crippen LogP contribution in [-0.4, -0.2) is 36.4 Å². The molecule has 1 atom stereocenters. The Morgan fingerprint density at radius 2 is 0.878 bits per heavy atom. The van der Waals surface area contributed by atoms with Crippen LogP contribution in [0.4, 0.5) is 0 Å². The van der Waals surface area contributed by atoms with Gasteiger partial charge in [-0.2, -0.15) is 0 Å². The average Bonchev–Trinajstić information content (AvgIpc) is 3.10. The fourth-order valence-corrected chi connectivity index (χ4v) is 5.00. The van der Waals surface area contributed by atoms with Crippen molar-refractivity contribution in [1.82, 2.24) is 0 Å². The fourth-order valence-electron chi connectivity index (χ4n) is 5.00. The lowest BCUT2D eigenvalue weighted by Crippen LogP contribution is -2.28. The molecule has 0 aromatic heterocycles. The lowest BCUT2D eigenvalue weighted by atomic mass is 10.1. The third kappa shape index (κ3) is 37.7. The second kappa shape index (κ2) is 39.5. The second-order valence-corrected chi connectivity index (χ2v) is 12.6. The van der Waals surface area contributed by atoms with E-state index in [1.165, 1.54) is 44.9 Å². The molecule has 0 saturated carbocycles. The summed E-state index contributed by atoms with van der Waals surface area (Å²) < 4.78 is 10.5. The van der Waals surface area contributed by atoms with Gasteiger partial charge in [0.15, 0.2) is 6.10 Å². The molecule has 0 aromatic carbocycles. The third-order valence-corrected chi connectivity index (χ3v) is 7.95. The zero-order chi connectivity index (χ0) is 35.7. The molecule has 5 heteroatoms. The van der Waals surface area contributed by atoms with Crippen molar-refractivity contribution in [3.8, 4) is 0 Å². The van der Waals surface area contributed by atoms with Gasteiger partial charge in [0.25, 0.3) is 0 Å².